The predicted octanol–water partition coefficient (Wildman–Crippen LogP) is -0.0291. The zero-order chi connectivity index (χ0) is 7.98. The highest BCUT2D eigenvalue weighted by Gasteiger charge is 2.19. The fourth-order valence-electron chi connectivity index (χ4n) is 1.02. The maximum atomic E-state index is 8.56. The molecule has 0 aromatic rings. The molecule has 1 rings (SSSR count). The fourth-order valence-corrected chi connectivity index (χ4v) is 1.02. The first-order valence-corrected chi connectivity index (χ1v) is 3.42. The molecule has 1 fully saturated rings. The van der Waals surface area contributed by atoms with Crippen LogP contribution >= 0.6 is 0 Å². The van der Waals surface area contributed by atoms with Gasteiger partial charge in [0, 0.05) is 0 Å². The standard InChI is InChI=1S/C6H12O2.C2H2.H2O/c1-5-2-3-6(4-7)8-5;1-2;/h5-7H,2-4H2,1H3;1-2H;1H2/t5-,6-;;/m0../s1. The van der Waals surface area contributed by atoms with Crippen molar-refractivity contribution >= 4 is 0 Å². The second-order valence-corrected chi connectivity index (χ2v) is 2.33. The van der Waals surface area contributed by atoms with Gasteiger partial charge in [-0.15, -0.1) is 12.8 Å². The molecule has 11 heavy (non-hydrogen) atoms. The molecule has 0 spiro atoms. The smallest absolute Gasteiger partial charge is 0.0810 e. The number of terminal acetylenes is 1. The van der Waals surface area contributed by atoms with Gasteiger partial charge in [-0.3, -0.25) is 0 Å². The van der Waals surface area contributed by atoms with E-state index in [9.17, 15) is 0 Å². The normalized spacial score (nSPS) is 28.0. The van der Waals surface area contributed by atoms with Gasteiger partial charge in [-0.25, -0.2) is 0 Å². The van der Waals surface area contributed by atoms with Gasteiger partial charge in [-0.05, 0) is 19.8 Å². The van der Waals surface area contributed by atoms with Crippen LogP contribution in [-0.2, 0) is 4.74 Å². The molecule has 1 aliphatic heterocycles. The Balaban J connectivity index is 0. The molecule has 3 N–H and O–H groups in total. The summed E-state index contributed by atoms with van der Waals surface area (Å²) in [4.78, 5) is 0. The second kappa shape index (κ2) is 7.55. The number of rotatable bonds is 1. The molecule has 0 aromatic heterocycles. The summed E-state index contributed by atoms with van der Waals surface area (Å²) in [5.74, 6) is 0. The van der Waals surface area contributed by atoms with E-state index >= 15 is 0 Å². The number of aliphatic hydroxyl groups excluding tert-OH is 1. The zero-order valence-electron chi connectivity index (χ0n) is 6.79. The predicted molar refractivity (Wildman–Crippen MR) is 44.2 cm³/mol. The molecule has 3 heteroatoms. The topological polar surface area (TPSA) is 61.0 Å². The molecule has 0 aromatic carbocycles. The van der Waals surface area contributed by atoms with Gasteiger partial charge in [-0.1, -0.05) is 0 Å². The lowest BCUT2D eigenvalue weighted by Gasteiger charge is -2.05. The third-order valence-electron chi connectivity index (χ3n) is 1.52. The molecule has 66 valence electrons. The van der Waals surface area contributed by atoms with Crippen LogP contribution < -0.4 is 0 Å². The molecule has 1 aliphatic rings. The van der Waals surface area contributed by atoms with E-state index in [0.29, 0.717) is 6.10 Å². The summed E-state index contributed by atoms with van der Waals surface area (Å²) in [5, 5.41) is 8.56. The Morgan fingerprint density at radius 1 is 1.45 bits per heavy atom. The van der Waals surface area contributed by atoms with Gasteiger partial charge < -0.3 is 15.3 Å². The number of ether oxygens (including phenoxy) is 1. The van der Waals surface area contributed by atoms with Crippen LogP contribution in [0.1, 0.15) is 19.8 Å². The van der Waals surface area contributed by atoms with Crippen molar-refractivity contribution in [2.75, 3.05) is 6.61 Å². The van der Waals surface area contributed by atoms with E-state index in [1.165, 1.54) is 0 Å². The minimum Gasteiger partial charge on any atom is -0.412 e. The average molecular weight is 160 g/mol. The molecule has 0 saturated carbocycles. The van der Waals surface area contributed by atoms with Gasteiger partial charge in [0.05, 0.1) is 18.8 Å². The maximum Gasteiger partial charge on any atom is 0.0810 e. The maximum absolute atomic E-state index is 8.56. The molecular weight excluding hydrogens is 144 g/mol. The van der Waals surface area contributed by atoms with Gasteiger partial charge in [-0.2, -0.15) is 0 Å². The monoisotopic (exact) mass is 160 g/mol. The summed E-state index contributed by atoms with van der Waals surface area (Å²) in [5.41, 5.74) is 0. The third kappa shape index (κ3) is 4.79. The first kappa shape index (κ1) is 13.1. The zero-order valence-corrected chi connectivity index (χ0v) is 6.79. The lowest BCUT2D eigenvalue weighted by Crippen LogP contribution is -2.11. The molecule has 0 bridgehead atoms. The minimum atomic E-state index is 0. The summed E-state index contributed by atoms with van der Waals surface area (Å²) in [6.45, 7) is 2.22. The Bertz CT molecular complexity index is 101. The molecule has 3 nitrogen and oxygen atoms in total. The number of hydrogen-bond donors (Lipinski definition) is 1. The van der Waals surface area contributed by atoms with Crippen molar-refractivity contribution < 1.29 is 15.3 Å². The van der Waals surface area contributed by atoms with Crippen molar-refractivity contribution in [1.82, 2.24) is 0 Å². The van der Waals surface area contributed by atoms with Gasteiger partial charge in [0.2, 0.25) is 0 Å². The number of hydrogen-bond acceptors (Lipinski definition) is 2. The Labute approximate surface area is 67.7 Å². The van der Waals surface area contributed by atoms with Gasteiger partial charge >= 0.3 is 0 Å². The summed E-state index contributed by atoms with van der Waals surface area (Å²) in [6.07, 6.45) is 10.6. The molecule has 0 radical (unpaired) electrons. The Kier molecular flexibility index (Phi) is 8.96. The summed E-state index contributed by atoms with van der Waals surface area (Å²) in [6, 6.07) is 0. The highest BCUT2D eigenvalue weighted by Crippen LogP contribution is 2.17. The molecule has 1 saturated heterocycles. The van der Waals surface area contributed by atoms with Crippen LogP contribution in [0.2, 0.25) is 0 Å². The molecule has 0 aliphatic carbocycles. The van der Waals surface area contributed by atoms with Crippen molar-refractivity contribution in [3.8, 4) is 12.8 Å². The van der Waals surface area contributed by atoms with E-state index in [-0.39, 0.29) is 18.2 Å². The van der Waals surface area contributed by atoms with Crippen LogP contribution in [0.15, 0.2) is 0 Å². The van der Waals surface area contributed by atoms with Crippen LogP contribution in [0, 0.1) is 12.8 Å². The van der Waals surface area contributed by atoms with E-state index in [1.807, 2.05) is 6.92 Å². The van der Waals surface area contributed by atoms with E-state index in [0.717, 1.165) is 12.8 Å². The highest BCUT2D eigenvalue weighted by molar-refractivity contribution is 4.68. The summed E-state index contributed by atoms with van der Waals surface area (Å²) >= 11 is 0. The van der Waals surface area contributed by atoms with E-state index in [2.05, 4.69) is 12.8 Å². The summed E-state index contributed by atoms with van der Waals surface area (Å²) < 4.78 is 5.26. The quantitative estimate of drug-likeness (QED) is 0.547. The largest absolute Gasteiger partial charge is 0.412 e. The first-order chi connectivity index (χ1) is 4.83. The average Bonchev–Trinajstić information content (AvgIpc) is 2.40. The van der Waals surface area contributed by atoms with Crippen molar-refractivity contribution in [3.05, 3.63) is 0 Å². The second-order valence-electron chi connectivity index (χ2n) is 2.33. The molecule has 1 heterocycles. The minimum absolute atomic E-state index is 0. The SMILES string of the molecule is C#C.C[C@H]1CC[C@@H](CO)O1.O. The van der Waals surface area contributed by atoms with Crippen molar-refractivity contribution in [2.45, 2.75) is 32.0 Å². The molecular formula is C8H16O3. The van der Waals surface area contributed by atoms with Crippen molar-refractivity contribution in [3.63, 3.8) is 0 Å². The number of aliphatic hydroxyl groups is 1. The van der Waals surface area contributed by atoms with E-state index < -0.39 is 0 Å². The third-order valence-corrected chi connectivity index (χ3v) is 1.52. The van der Waals surface area contributed by atoms with Crippen LogP contribution in [0.5, 0.6) is 0 Å². The lowest BCUT2D eigenvalue weighted by molar-refractivity contribution is 0.0198. The van der Waals surface area contributed by atoms with Gasteiger partial charge in [0.25, 0.3) is 0 Å². The van der Waals surface area contributed by atoms with Gasteiger partial charge in [0.15, 0.2) is 0 Å². The van der Waals surface area contributed by atoms with Crippen LogP contribution in [-0.4, -0.2) is 29.4 Å². The first-order valence-electron chi connectivity index (χ1n) is 3.42. The molecule has 0 unspecified atom stereocenters. The van der Waals surface area contributed by atoms with Crippen LogP contribution in [0.3, 0.4) is 0 Å². The Hall–Kier alpha value is -0.560. The Morgan fingerprint density at radius 2 is 2.00 bits per heavy atom. The highest BCUT2D eigenvalue weighted by atomic mass is 16.5. The van der Waals surface area contributed by atoms with Crippen molar-refractivity contribution in [2.24, 2.45) is 0 Å². The van der Waals surface area contributed by atoms with Crippen LogP contribution in [0.25, 0.3) is 0 Å². The van der Waals surface area contributed by atoms with E-state index in [4.69, 9.17) is 9.84 Å². The van der Waals surface area contributed by atoms with Crippen LogP contribution in [0.4, 0.5) is 0 Å². The lowest BCUT2D eigenvalue weighted by atomic mass is 10.2. The fraction of sp³-hybridized carbons (Fsp3) is 0.750. The van der Waals surface area contributed by atoms with Crippen molar-refractivity contribution in [1.29, 1.82) is 0 Å². The Morgan fingerprint density at radius 3 is 2.18 bits per heavy atom. The molecule has 0 amide bonds. The van der Waals surface area contributed by atoms with Gasteiger partial charge in [0.1, 0.15) is 0 Å². The summed E-state index contributed by atoms with van der Waals surface area (Å²) in [7, 11) is 0. The molecule has 2 atom stereocenters. The van der Waals surface area contributed by atoms with E-state index in [1.54, 1.807) is 0 Å².